The first-order chi connectivity index (χ1) is 9.68. The van der Waals surface area contributed by atoms with Gasteiger partial charge in [-0.1, -0.05) is 43.9 Å². The molecule has 1 fully saturated rings. The van der Waals surface area contributed by atoms with Crippen molar-refractivity contribution in [3.63, 3.8) is 0 Å². The van der Waals surface area contributed by atoms with Gasteiger partial charge in [-0.3, -0.25) is 0 Å². The van der Waals surface area contributed by atoms with Gasteiger partial charge in [-0.15, -0.1) is 0 Å². The summed E-state index contributed by atoms with van der Waals surface area (Å²) in [6, 6.07) is 6.84. The number of aliphatic hydroxyl groups excluding tert-OH is 1. The van der Waals surface area contributed by atoms with Crippen molar-refractivity contribution in [2.75, 3.05) is 6.54 Å². The highest BCUT2D eigenvalue weighted by Gasteiger charge is 2.20. The van der Waals surface area contributed by atoms with Gasteiger partial charge in [0.15, 0.2) is 0 Å². The maximum atomic E-state index is 13.6. The third kappa shape index (κ3) is 4.29. The van der Waals surface area contributed by atoms with Crippen LogP contribution in [0.2, 0.25) is 0 Å². The van der Waals surface area contributed by atoms with Crippen LogP contribution in [0, 0.1) is 11.7 Å². The number of nitrogens with one attached hydrogen (secondary N) is 1. The Labute approximate surface area is 121 Å². The van der Waals surface area contributed by atoms with E-state index in [4.69, 9.17) is 0 Å². The average molecular weight is 279 g/mol. The highest BCUT2D eigenvalue weighted by atomic mass is 19.1. The molecule has 1 aliphatic rings. The van der Waals surface area contributed by atoms with E-state index in [1.165, 1.54) is 44.6 Å². The van der Waals surface area contributed by atoms with E-state index in [1.54, 1.807) is 18.2 Å². The standard InChI is InChI=1S/C17H26FNO/c1-13(14-8-4-2-3-5-9-14)19-12-17(20)15-10-6-7-11-16(15)18/h6-7,10-11,13-14,17,19-20H,2-5,8-9,12H2,1H3/t13-,17?/m0/s1. The first-order valence-electron chi connectivity index (χ1n) is 7.84. The lowest BCUT2D eigenvalue weighted by Crippen LogP contribution is -2.36. The van der Waals surface area contributed by atoms with Crippen molar-refractivity contribution in [3.05, 3.63) is 35.6 Å². The second kappa shape index (κ2) is 7.75. The number of hydrogen-bond donors (Lipinski definition) is 2. The third-order valence-electron chi connectivity index (χ3n) is 4.50. The largest absolute Gasteiger partial charge is 0.387 e. The summed E-state index contributed by atoms with van der Waals surface area (Å²) in [5, 5.41) is 13.5. The minimum atomic E-state index is -0.774. The minimum absolute atomic E-state index is 0.330. The summed E-state index contributed by atoms with van der Waals surface area (Å²) in [5.74, 6) is 0.356. The van der Waals surface area contributed by atoms with Crippen LogP contribution in [0.25, 0.3) is 0 Å². The molecule has 0 radical (unpaired) electrons. The first kappa shape index (κ1) is 15.5. The molecule has 0 heterocycles. The fourth-order valence-electron chi connectivity index (χ4n) is 3.13. The second-order valence-corrected chi connectivity index (χ2v) is 5.99. The monoisotopic (exact) mass is 279 g/mol. The SMILES string of the molecule is C[C@H](NCC(O)c1ccccc1F)C1CCCCCC1. The summed E-state index contributed by atoms with van der Waals surface area (Å²) in [5.41, 5.74) is 0.382. The molecular formula is C17H26FNO. The van der Waals surface area contributed by atoms with Crippen molar-refractivity contribution in [1.29, 1.82) is 0 Å². The molecule has 1 aromatic carbocycles. The molecule has 3 heteroatoms. The molecule has 0 aromatic heterocycles. The van der Waals surface area contributed by atoms with Gasteiger partial charge in [0, 0.05) is 18.2 Å². The minimum Gasteiger partial charge on any atom is -0.387 e. The van der Waals surface area contributed by atoms with Crippen molar-refractivity contribution >= 4 is 0 Å². The molecule has 1 aromatic rings. The molecule has 2 atom stereocenters. The lowest BCUT2D eigenvalue weighted by molar-refractivity contribution is 0.159. The Balaban J connectivity index is 1.83. The Hall–Kier alpha value is -0.930. The number of halogens is 1. The van der Waals surface area contributed by atoms with Crippen LogP contribution in [-0.2, 0) is 0 Å². The van der Waals surface area contributed by atoms with Crippen LogP contribution in [0.15, 0.2) is 24.3 Å². The molecule has 0 aliphatic heterocycles. The van der Waals surface area contributed by atoms with Crippen molar-refractivity contribution in [1.82, 2.24) is 5.32 Å². The highest BCUT2D eigenvalue weighted by Crippen LogP contribution is 2.25. The highest BCUT2D eigenvalue weighted by molar-refractivity contribution is 5.20. The van der Waals surface area contributed by atoms with Gasteiger partial charge in [0.25, 0.3) is 0 Å². The summed E-state index contributed by atoms with van der Waals surface area (Å²) in [4.78, 5) is 0. The van der Waals surface area contributed by atoms with Gasteiger partial charge in [0.05, 0.1) is 6.10 Å². The summed E-state index contributed by atoms with van der Waals surface area (Å²) in [6.07, 6.45) is 7.08. The van der Waals surface area contributed by atoms with E-state index in [9.17, 15) is 9.50 Å². The van der Waals surface area contributed by atoms with Gasteiger partial charge in [0.1, 0.15) is 5.82 Å². The van der Waals surface area contributed by atoms with Crippen LogP contribution in [0.1, 0.15) is 57.1 Å². The van der Waals surface area contributed by atoms with Crippen LogP contribution in [-0.4, -0.2) is 17.7 Å². The summed E-state index contributed by atoms with van der Waals surface area (Å²) < 4.78 is 13.6. The van der Waals surface area contributed by atoms with Gasteiger partial charge in [-0.05, 0) is 31.7 Å². The molecule has 0 amide bonds. The maximum Gasteiger partial charge on any atom is 0.129 e. The molecule has 1 unspecified atom stereocenters. The van der Waals surface area contributed by atoms with Crippen LogP contribution >= 0.6 is 0 Å². The molecule has 20 heavy (non-hydrogen) atoms. The Morgan fingerprint density at radius 1 is 1.20 bits per heavy atom. The maximum absolute atomic E-state index is 13.6. The number of aliphatic hydroxyl groups is 1. The van der Waals surface area contributed by atoms with Crippen molar-refractivity contribution < 1.29 is 9.50 Å². The first-order valence-corrected chi connectivity index (χ1v) is 7.84. The van der Waals surface area contributed by atoms with Gasteiger partial charge < -0.3 is 10.4 Å². The molecule has 1 aliphatic carbocycles. The van der Waals surface area contributed by atoms with Crippen LogP contribution < -0.4 is 5.32 Å². The Morgan fingerprint density at radius 3 is 2.50 bits per heavy atom. The zero-order valence-corrected chi connectivity index (χ0v) is 12.3. The van der Waals surface area contributed by atoms with Crippen LogP contribution in [0.5, 0.6) is 0 Å². The summed E-state index contributed by atoms with van der Waals surface area (Å²) in [6.45, 7) is 2.60. The molecule has 112 valence electrons. The molecule has 2 nitrogen and oxygen atoms in total. The predicted molar refractivity (Wildman–Crippen MR) is 80.0 cm³/mol. The normalized spacial score (nSPS) is 20.4. The second-order valence-electron chi connectivity index (χ2n) is 5.99. The van der Waals surface area contributed by atoms with E-state index in [0.717, 1.165) is 0 Å². The van der Waals surface area contributed by atoms with E-state index in [-0.39, 0.29) is 5.82 Å². The van der Waals surface area contributed by atoms with E-state index >= 15 is 0 Å². The summed E-state index contributed by atoms with van der Waals surface area (Å²) >= 11 is 0. The smallest absolute Gasteiger partial charge is 0.129 e. The van der Waals surface area contributed by atoms with Gasteiger partial charge in [-0.25, -0.2) is 4.39 Å². The Kier molecular flexibility index (Phi) is 5.99. The van der Waals surface area contributed by atoms with Gasteiger partial charge in [0.2, 0.25) is 0 Å². The fourth-order valence-corrected chi connectivity index (χ4v) is 3.13. The lowest BCUT2D eigenvalue weighted by Gasteiger charge is -2.25. The molecule has 2 N–H and O–H groups in total. The molecule has 0 saturated heterocycles. The quantitative estimate of drug-likeness (QED) is 0.803. The van der Waals surface area contributed by atoms with Gasteiger partial charge >= 0.3 is 0 Å². The molecule has 2 rings (SSSR count). The van der Waals surface area contributed by atoms with Crippen LogP contribution in [0.3, 0.4) is 0 Å². The van der Waals surface area contributed by atoms with Crippen LogP contribution in [0.4, 0.5) is 4.39 Å². The Morgan fingerprint density at radius 2 is 1.85 bits per heavy atom. The Bertz CT molecular complexity index is 402. The fraction of sp³-hybridized carbons (Fsp3) is 0.647. The number of hydrogen-bond acceptors (Lipinski definition) is 2. The molecule has 1 saturated carbocycles. The van der Waals surface area contributed by atoms with E-state index < -0.39 is 6.10 Å². The predicted octanol–water partition coefficient (Wildman–Crippen LogP) is 3.81. The van der Waals surface area contributed by atoms with E-state index in [2.05, 4.69) is 12.2 Å². The lowest BCUT2D eigenvalue weighted by atomic mass is 9.93. The van der Waals surface area contributed by atoms with E-state index in [1.807, 2.05) is 0 Å². The molecule has 0 spiro atoms. The van der Waals surface area contributed by atoms with Gasteiger partial charge in [-0.2, -0.15) is 0 Å². The molecule has 0 bridgehead atoms. The van der Waals surface area contributed by atoms with Crippen molar-refractivity contribution in [2.45, 2.75) is 57.6 Å². The van der Waals surface area contributed by atoms with Crippen molar-refractivity contribution in [3.8, 4) is 0 Å². The zero-order chi connectivity index (χ0) is 14.4. The third-order valence-corrected chi connectivity index (χ3v) is 4.50. The summed E-state index contributed by atoms with van der Waals surface area (Å²) in [7, 11) is 0. The van der Waals surface area contributed by atoms with E-state index in [0.29, 0.717) is 24.1 Å². The zero-order valence-electron chi connectivity index (χ0n) is 12.3. The number of rotatable bonds is 5. The van der Waals surface area contributed by atoms with Crippen molar-refractivity contribution in [2.24, 2.45) is 5.92 Å². The number of benzene rings is 1. The molecular weight excluding hydrogens is 253 g/mol. The average Bonchev–Trinajstić information content (AvgIpc) is 2.74. The topological polar surface area (TPSA) is 32.3 Å².